The van der Waals surface area contributed by atoms with Crippen LogP contribution in [0.5, 0.6) is 5.75 Å². The molecule has 0 amide bonds. The third-order valence-corrected chi connectivity index (χ3v) is 4.16. The van der Waals surface area contributed by atoms with E-state index in [2.05, 4.69) is 25.3 Å². The molecule has 3 N–H and O–H groups in total. The van der Waals surface area contributed by atoms with Crippen LogP contribution in [-0.2, 0) is 0 Å². The van der Waals surface area contributed by atoms with Gasteiger partial charge in [-0.15, -0.1) is 0 Å². The molecule has 0 aliphatic carbocycles. The summed E-state index contributed by atoms with van der Waals surface area (Å²) in [7, 11) is 3.95. The van der Waals surface area contributed by atoms with Crippen LogP contribution in [0.15, 0.2) is 55.1 Å². The summed E-state index contributed by atoms with van der Waals surface area (Å²) >= 11 is 0. The number of benzene rings is 1. The number of H-pyrrole nitrogens is 1. The molecule has 0 fully saturated rings. The standard InChI is InChI=1S/C19H18N6O/c1-25(2)13-5-8-16(20-9-13)24-19-17-15(10-21-18(17)22-11-23-19)12-3-6-14(26)7-4-12/h3-11,26H,1-2H3,(H2,20,21,22,23,24). The summed E-state index contributed by atoms with van der Waals surface area (Å²) < 4.78 is 0. The number of hydrogen-bond donors (Lipinski definition) is 3. The van der Waals surface area contributed by atoms with Gasteiger partial charge in [-0.2, -0.15) is 0 Å². The molecule has 0 atom stereocenters. The molecule has 26 heavy (non-hydrogen) atoms. The number of phenols is 1. The summed E-state index contributed by atoms with van der Waals surface area (Å²) in [5.74, 6) is 1.60. The van der Waals surface area contributed by atoms with Crippen molar-refractivity contribution >= 4 is 28.4 Å². The lowest BCUT2D eigenvalue weighted by Gasteiger charge is -2.12. The fourth-order valence-electron chi connectivity index (χ4n) is 2.77. The molecule has 7 heteroatoms. The number of hydrogen-bond acceptors (Lipinski definition) is 6. The van der Waals surface area contributed by atoms with Gasteiger partial charge in [0.15, 0.2) is 0 Å². The maximum absolute atomic E-state index is 9.52. The van der Waals surface area contributed by atoms with Gasteiger partial charge in [-0.3, -0.25) is 0 Å². The Morgan fingerprint density at radius 1 is 1.00 bits per heavy atom. The highest BCUT2D eigenvalue weighted by atomic mass is 16.3. The van der Waals surface area contributed by atoms with Crippen LogP contribution in [0.25, 0.3) is 22.2 Å². The number of nitrogens with zero attached hydrogens (tertiary/aromatic N) is 4. The molecule has 0 aliphatic rings. The summed E-state index contributed by atoms with van der Waals surface area (Å²) in [6.07, 6.45) is 5.20. The van der Waals surface area contributed by atoms with Crippen molar-refractivity contribution in [2.24, 2.45) is 0 Å². The van der Waals surface area contributed by atoms with Crippen LogP contribution in [-0.4, -0.2) is 39.1 Å². The Morgan fingerprint density at radius 2 is 1.81 bits per heavy atom. The molecule has 0 aliphatic heterocycles. The van der Waals surface area contributed by atoms with Crippen molar-refractivity contribution in [3.8, 4) is 16.9 Å². The fraction of sp³-hybridized carbons (Fsp3) is 0.105. The van der Waals surface area contributed by atoms with Gasteiger partial charge in [0.2, 0.25) is 0 Å². The van der Waals surface area contributed by atoms with Gasteiger partial charge in [0.25, 0.3) is 0 Å². The summed E-state index contributed by atoms with van der Waals surface area (Å²) in [5.41, 5.74) is 3.67. The maximum Gasteiger partial charge on any atom is 0.145 e. The Bertz CT molecular complexity index is 1040. The summed E-state index contributed by atoms with van der Waals surface area (Å²) in [6, 6.07) is 10.9. The van der Waals surface area contributed by atoms with Crippen LogP contribution < -0.4 is 10.2 Å². The molecule has 0 saturated carbocycles. The highest BCUT2D eigenvalue weighted by Gasteiger charge is 2.13. The second-order valence-corrected chi connectivity index (χ2v) is 6.12. The highest BCUT2D eigenvalue weighted by Crippen LogP contribution is 2.33. The number of aromatic hydroxyl groups is 1. The molecule has 3 heterocycles. The van der Waals surface area contributed by atoms with E-state index in [-0.39, 0.29) is 5.75 Å². The maximum atomic E-state index is 9.52. The Hall–Kier alpha value is -3.61. The number of nitrogens with one attached hydrogen (secondary N) is 2. The summed E-state index contributed by atoms with van der Waals surface area (Å²) in [6.45, 7) is 0. The van der Waals surface area contributed by atoms with Crippen LogP contribution in [0.4, 0.5) is 17.3 Å². The number of aromatic amines is 1. The minimum atomic E-state index is 0.230. The largest absolute Gasteiger partial charge is 0.508 e. The Kier molecular flexibility index (Phi) is 3.89. The topological polar surface area (TPSA) is 90.0 Å². The molecule has 1 aromatic carbocycles. The van der Waals surface area contributed by atoms with Gasteiger partial charge in [-0.1, -0.05) is 12.1 Å². The quantitative estimate of drug-likeness (QED) is 0.524. The van der Waals surface area contributed by atoms with Gasteiger partial charge in [0.1, 0.15) is 29.4 Å². The van der Waals surface area contributed by atoms with Crippen LogP contribution in [0.3, 0.4) is 0 Å². The number of phenolic OH excluding ortho intramolecular Hbond substituents is 1. The van der Waals surface area contributed by atoms with Gasteiger partial charge in [0.05, 0.1) is 17.3 Å². The van der Waals surface area contributed by atoms with Crippen LogP contribution >= 0.6 is 0 Å². The van der Waals surface area contributed by atoms with Crippen molar-refractivity contribution in [3.63, 3.8) is 0 Å². The Morgan fingerprint density at radius 3 is 2.50 bits per heavy atom. The molecule has 0 bridgehead atoms. The van der Waals surface area contributed by atoms with Crippen LogP contribution in [0, 0.1) is 0 Å². The molecule has 3 aromatic heterocycles. The van der Waals surface area contributed by atoms with Crippen molar-refractivity contribution in [1.29, 1.82) is 0 Å². The molecule has 0 saturated heterocycles. The average Bonchev–Trinajstić information content (AvgIpc) is 3.08. The zero-order valence-electron chi connectivity index (χ0n) is 14.4. The number of fused-ring (bicyclic) bond motifs is 1. The van der Waals surface area contributed by atoms with Crippen LogP contribution in [0.2, 0.25) is 0 Å². The molecule has 0 radical (unpaired) electrons. The molecule has 4 rings (SSSR count). The lowest BCUT2D eigenvalue weighted by atomic mass is 10.1. The van der Waals surface area contributed by atoms with E-state index < -0.39 is 0 Å². The lowest BCUT2D eigenvalue weighted by Crippen LogP contribution is -2.09. The van der Waals surface area contributed by atoms with Gasteiger partial charge >= 0.3 is 0 Å². The second-order valence-electron chi connectivity index (χ2n) is 6.12. The lowest BCUT2D eigenvalue weighted by molar-refractivity contribution is 0.475. The third-order valence-electron chi connectivity index (χ3n) is 4.16. The number of aromatic nitrogens is 4. The van der Waals surface area contributed by atoms with Gasteiger partial charge in [0, 0.05) is 25.9 Å². The van der Waals surface area contributed by atoms with Gasteiger partial charge in [-0.25, -0.2) is 15.0 Å². The van der Waals surface area contributed by atoms with E-state index >= 15 is 0 Å². The normalized spacial score (nSPS) is 10.8. The van der Waals surface area contributed by atoms with Crippen molar-refractivity contribution in [2.75, 3.05) is 24.3 Å². The van der Waals surface area contributed by atoms with E-state index in [0.717, 1.165) is 27.8 Å². The molecular weight excluding hydrogens is 328 g/mol. The SMILES string of the molecule is CN(C)c1ccc(Nc2ncnc3[nH]cc(-c4ccc(O)cc4)c23)nc1. The van der Waals surface area contributed by atoms with E-state index in [1.54, 1.807) is 18.3 Å². The molecule has 4 aromatic rings. The van der Waals surface area contributed by atoms with Crippen molar-refractivity contribution < 1.29 is 5.11 Å². The molecule has 0 unspecified atom stereocenters. The van der Waals surface area contributed by atoms with Crippen LogP contribution in [0.1, 0.15) is 0 Å². The van der Waals surface area contributed by atoms with E-state index in [9.17, 15) is 5.11 Å². The first-order valence-corrected chi connectivity index (χ1v) is 8.14. The second kappa shape index (κ2) is 6.36. The smallest absolute Gasteiger partial charge is 0.145 e. The Balaban J connectivity index is 1.75. The van der Waals surface area contributed by atoms with E-state index in [1.165, 1.54) is 6.33 Å². The zero-order chi connectivity index (χ0) is 18.1. The highest BCUT2D eigenvalue weighted by molar-refractivity contribution is 6.01. The zero-order valence-corrected chi connectivity index (χ0v) is 14.4. The van der Waals surface area contributed by atoms with Crippen molar-refractivity contribution in [3.05, 3.63) is 55.1 Å². The van der Waals surface area contributed by atoms with Gasteiger partial charge in [-0.05, 0) is 29.8 Å². The number of rotatable bonds is 4. The first-order chi connectivity index (χ1) is 12.6. The average molecular weight is 346 g/mol. The van der Waals surface area contributed by atoms with Gasteiger partial charge < -0.3 is 20.3 Å². The van der Waals surface area contributed by atoms with Crippen molar-refractivity contribution in [1.82, 2.24) is 19.9 Å². The van der Waals surface area contributed by atoms with E-state index in [0.29, 0.717) is 11.6 Å². The van der Waals surface area contributed by atoms with E-state index in [1.807, 2.05) is 49.5 Å². The van der Waals surface area contributed by atoms with Crippen molar-refractivity contribution in [2.45, 2.75) is 0 Å². The molecule has 130 valence electrons. The number of anilines is 3. The minimum Gasteiger partial charge on any atom is -0.508 e. The molecular formula is C19H18N6O. The predicted octanol–water partition coefficient (Wildman–Crippen LogP) is 3.54. The minimum absolute atomic E-state index is 0.230. The first-order valence-electron chi connectivity index (χ1n) is 8.14. The number of pyridine rings is 1. The van der Waals surface area contributed by atoms with E-state index in [4.69, 9.17) is 0 Å². The summed E-state index contributed by atoms with van der Waals surface area (Å²) in [5, 5.41) is 13.7. The Labute approximate surface area is 150 Å². The first kappa shape index (κ1) is 15.9. The summed E-state index contributed by atoms with van der Waals surface area (Å²) in [4.78, 5) is 18.3. The molecule has 0 spiro atoms. The molecule has 7 nitrogen and oxygen atoms in total. The predicted molar refractivity (Wildman–Crippen MR) is 103 cm³/mol. The monoisotopic (exact) mass is 346 g/mol. The third kappa shape index (κ3) is 2.90. The fourth-order valence-corrected chi connectivity index (χ4v) is 2.77.